The van der Waals surface area contributed by atoms with E-state index >= 15 is 0 Å². The van der Waals surface area contributed by atoms with E-state index in [2.05, 4.69) is 15.0 Å². The lowest BCUT2D eigenvalue weighted by Gasteiger charge is -2.39. The quantitative estimate of drug-likeness (QED) is 0.437. The van der Waals surface area contributed by atoms with Crippen LogP contribution in [0.4, 0.5) is 8.78 Å². The van der Waals surface area contributed by atoms with Gasteiger partial charge in [0.25, 0.3) is 5.91 Å². The third-order valence-corrected chi connectivity index (χ3v) is 6.03. The van der Waals surface area contributed by atoms with Gasteiger partial charge in [-0.3, -0.25) is 14.7 Å². The van der Waals surface area contributed by atoms with Crippen molar-refractivity contribution in [3.8, 4) is 11.3 Å². The molecule has 6 nitrogen and oxygen atoms in total. The lowest BCUT2D eigenvalue weighted by molar-refractivity contribution is 0.0587. The Bertz CT molecular complexity index is 1210. The molecule has 0 bridgehead atoms. The number of rotatable bonds is 5. The summed E-state index contributed by atoms with van der Waals surface area (Å²) in [5.41, 5.74) is 2.87. The number of nitrogens with zero attached hydrogens (tertiary/aromatic N) is 4. The molecule has 1 aliphatic heterocycles. The Labute approximate surface area is 195 Å². The van der Waals surface area contributed by atoms with Crippen molar-refractivity contribution >= 4 is 5.91 Å². The fourth-order valence-electron chi connectivity index (χ4n) is 4.28. The lowest BCUT2D eigenvalue weighted by Crippen LogP contribution is -2.50. The summed E-state index contributed by atoms with van der Waals surface area (Å²) >= 11 is 0. The Balaban J connectivity index is 1.31. The van der Waals surface area contributed by atoms with Crippen LogP contribution in [-0.2, 0) is 0 Å². The van der Waals surface area contributed by atoms with Gasteiger partial charge in [0.05, 0.1) is 6.04 Å². The molecule has 34 heavy (non-hydrogen) atoms. The Morgan fingerprint density at radius 3 is 1.94 bits per heavy atom. The molecule has 1 aliphatic rings. The molecule has 5 rings (SSSR count). The summed E-state index contributed by atoms with van der Waals surface area (Å²) in [5.74, 6) is -0.299. The number of aromatic nitrogens is 2. The lowest BCUT2D eigenvalue weighted by atomic mass is 9.96. The Hall–Kier alpha value is -3.91. The van der Waals surface area contributed by atoms with E-state index in [-0.39, 0.29) is 29.3 Å². The maximum Gasteiger partial charge on any atom is 0.276 e. The van der Waals surface area contributed by atoms with Gasteiger partial charge in [0, 0.05) is 50.2 Å². The number of amides is 1. The molecular weight excluding hydrogens is 438 g/mol. The average molecular weight is 460 g/mol. The Kier molecular flexibility index (Phi) is 6.14. The van der Waals surface area contributed by atoms with Crippen LogP contribution in [0.15, 0.2) is 83.6 Å². The van der Waals surface area contributed by atoms with Gasteiger partial charge in [0.2, 0.25) is 0 Å². The molecule has 0 unspecified atom stereocenters. The summed E-state index contributed by atoms with van der Waals surface area (Å²) in [4.78, 5) is 21.0. The molecule has 1 amide bonds. The van der Waals surface area contributed by atoms with Crippen LogP contribution < -0.4 is 0 Å². The van der Waals surface area contributed by atoms with Crippen LogP contribution >= 0.6 is 0 Å². The minimum Gasteiger partial charge on any atom is -0.355 e. The molecule has 8 heteroatoms. The van der Waals surface area contributed by atoms with Crippen molar-refractivity contribution in [2.45, 2.75) is 6.04 Å². The van der Waals surface area contributed by atoms with Crippen molar-refractivity contribution in [1.29, 1.82) is 0 Å². The predicted octanol–water partition coefficient (Wildman–Crippen LogP) is 4.56. The van der Waals surface area contributed by atoms with Gasteiger partial charge < -0.3 is 9.42 Å². The highest BCUT2D eigenvalue weighted by Crippen LogP contribution is 2.30. The van der Waals surface area contributed by atoms with Gasteiger partial charge in [0.15, 0.2) is 11.5 Å². The fraction of sp³-hybridized carbons (Fsp3) is 0.192. The minimum absolute atomic E-state index is 0.177. The second-order valence-corrected chi connectivity index (χ2v) is 8.15. The summed E-state index contributed by atoms with van der Waals surface area (Å²) < 4.78 is 32.4. The van der Waals surface area contributed by atoms with Crippen LogP contribution in [0.3, 0.4) is 0 Å². The standard InChI is InChI=1S/C26H22F2N4O2/c27-21-5-1-19(2-6-21)25(20-3-7-22(28)8-4-20)31-13-15-32(16-14-31)26(33)23-17-24(34-30-23)18-9-11-29-12-10-18/h1-12,17,25H,13-16H2. The van der Waals surface area contributed by atoms with Crippen molar-refractivity contribution in [3.05, 3.63) is 108 Å². The topological polar surface area (TPSA) is 62.5 Å². The highest BCUT2D eigenvalue weighted by Gasteiger charge is 2.30. The van der Waals surface area contributed by atoms with Gasteiger partial charge in [-0.05, 0) is 47.5 Å². The smallest absolute Gasteiger partial charge is 0.276 e. The highest BCUT2D eigenvalue weighted by molar-refractivity contribution is 5.93. The average Bonchev–Trinajstić information content (AvgIpc) is 3.37. The van der Waals surface area contributed by atoms with Gasteiger partial charge >= 0.3 is 0 Å². The maximum atomic E-state index is 13.5. The number of benzene rings is 2. The van der Waals surface area contributed by atoms with E-state index in [0.717, 1.165) is 16.7 Å². The molecule has 172 valence electrons. The molecule has 0 atom stereocenters. The number of halogens is 2. The first-order chi connectivity index (χ1) is 16.6. The third kappa shape index (κ3) is 4.58. The molecular formula is C26H22F2N4O2. The number of carbonyl (C=O) groups excluding carboxylic acids is 1. The summed E-state index contributed by atoms with van der Waals surface area (Å²) in [6, 6.07) is 17.7. The van der Waals surface area contributed by atoms with Crippen LogP contribution in [0.25, 0.3) is 11.3 Å². The van der Waals surface area contributed by atoms with Gasteiger partial charge in [-0.1, -0.05) is 29.4 Å². The van der Waals surface area contributed by atoms with Gasteiger partial charge in [0.1, 0.15) is 11.6 Å². The zero-order chi connectivity index (χ0) is 23.5. The fourth-order valence-corrected chi connectivity index (χ4v) is 4.28. The Morgan fingerprint density at radius 2 is 1.38 bits per heavy atom. The molecule has 2 aromatic heterocycles. The highest BCUT2D eigenvalue weighted by atomic mass is 19.1. The van der Waals surface area contributed by atoms with Gasteiger partial charge in [-0.15, -0.1) is 0 Å². The molecule has 0 radical (unpaired) electrons. The number of piperazine rings is 1. The summed E-state index contributed by atoms with van der Waals surface area (Å²) in [6.45, 7) is 2.19. The van der Waals surface area contributed by atoms with Crippen molar-refractivity contribution < 1.29 is 18.1 Å². The van der Waals surface area contributed by atoms with Crippen molar-refractivity contribution in [1.82, 2.24) is 19.9 Å². The zero-order valence-corrected chi connectivity index (χ0v) is 18.3. The molecule has 0 aliphatic carbocycles. The van der Waals surface area contributed by atoms with E-state index in [1.807, 2.05) is 0 Å². The van der Waals surface area contributed by atoms with Crippen LogP contribution in [-0.4, -0.2) is 52.0 Å². The van der Waals surface area contributed by atoms with Crippen molar-refractivity contribution in [2.24, 2.45) is 0 Å². The third-order valence-electron chi connectivity index (χ3n) is 6.03. The van der Waals surface area contributed by atoms with E-state index < -0.39 is 0 Å². The first-order valence-corrected chi connectivity index (χ1v) is 11.0. The molecule has 1 fully saturated rings. The number of pyridine rings is 1. The predicted molar refractivity (Wildman–Crippen MR) is 122 cm³/mol. The molecule has 4 aromatic rings. The Morgan fingerprint density at radius 1 is 0.824 bits per heavy atom. The molecule has 2 aromatic carbocycles. The van der Waals surface area contributed by atoms with Gasteiger partial charge in [-0.25, -0.2) is 8.78 Å². The van der Waals surface area contributed by atoms with E-state index in [9.17, 15) is 13.6 Å². The van der Waals surface area contributed by atoms with Crippen molar-refractivity contribution in [3.63, 3.8) is 0 Å². The monoisotopic (exact) mass is 460 g/mol. The molecule has 1 saturated heterocycles. The first-order valence-electron chi connectivity index (χ1n) is 11.0. The summed E-state index contributed by atoms with van der Waals surface area (Å²) in [6.07, 6.45) is 3.30. The number of hydrogen-bond acceptors (Lipinski definition) is 5. The second-order valence-electron chi connectivity index (χ2n) is 8.15. The molecule has 3 heterocycles. The number of carbonyl (C=O) groups is 1. The van der Waals surface area contributed by atoms with Gasteiger partial charge in [-0.2, -0.15) is 0 Å². The maximum absolute atomic E-state index is 13.5. The SMILES string of the molecule is O=C(c1cc(-c2ccncc2)on1)N1CCN(C(c2ccc(F)cc2)c2ccc(F)cc2)CC1. The largest absolute Gasteiger partial charge is 0.355 e. The summed E-state index contributed by atoms with van der Waals surface area (Å²) in [7, 11) is 0. The number of hydrogen-bond donors (Lipinski definition) is 0. The summed E-state index contributed by atoms with van der Waals surface area (Å²) in [5, 5.41) is 3.96. The first kappa shape index (κ1) is 21.9. The normalized spacial score (nSPS) is 14.5. The minimum atomic E-state index is -0.309. The second kappa shape index (κ2) is 9.52. The molecule has 0 spiro atoms. The van der Waals surface area contributed by atoms with Crippen LogP contribution in [0, 0.1) is 11.6 Å². The van der Waals surface area contributed by atoms with E-state index in [1.165, 1.54) is 24.3 Å². The van der Waals surface area contributed by atoms with E-state index in [0.29, 0.717) is 31.9 Å². The van der Waals surface area contributed by atoms with Crippen molar-refractivity contribution in [2.75, 3.05) is 26.2 Å². The van der Waals surface area contributed by atoms with Crippen LogP contribution in [0.5, 0.6) is 0 Å². The van der Waals surface area contributed by atoms with Crippen LogP contribution in [0.1, 0.15) is 27.7 Å². The van der Waals surface area contributed by atoms with E-state index in [4.69, 9.17) is 4.52 Å². The van der Waals surface area contributed by atoms with Crippen LogP contribution in [0.2, 0.25) is 0 Å². The molecule has 0 saturated carbocycles. The zero-order valence-electron chi connectivity index (χ0n) is 18.3. The molecule has 0 N–H and O–H groups in total. The van der Waals surface area contributed by atoms with E-state index in [1.54, 1.807) is 59.8 Å².